The molecule has 1 aliphatic rings. The van der Waals surface area contributed by atoms with Crippen molar-refractivity contribution >= 4 is 29.5 Å². The fraction of sp³-hybridized carbons (Fsp3) is 0.444. The van der Waals surface area contributed by atoms with Crippen molar-refractivity contribution in [3.63, 3.8) is 0 Å². The van der Waals surface area contributed by atoms with Crippen LogP contribution in [0, 0.1) is 5.41 Å². The van der Waals surface area contributed by atoms with Crippen LogP contribution in [-0.4, -0.2) is 57.8 Å². The number of aliphatic hydroxyl groups is 1. The molecule has 4 rings (SSSR count). The Morgan fingerprint density at radius 2 is 2.03 bits per heavy atom. The first-order valence-electron chi connectivity index (χ1n) is 12.1. The van der Waals surface area contributed by atoms with E-state index in [2.05, 4.69) is 27.5 Å². The normalized spacial score (nSPS) is 17.6. The number of aliphatic carboxylic acids is 1. The molecule has 3 aromatic rings. The number of hydrogen-bond acceptors (Lipinski definition) is 7. The van der Waals surface area contributed by atoms with Crippen LogP contribution in [0.15, 0.2) is 48.8 Å². The predicted octanol–water partition coefficient (Wildman–Crippen LogP) is 4.76. The molecule has 0 spiro atoms. The van der Waals surface area contributed by atoms with Crippen molar-refractivity contribution in [2.75, 3.05) is 26.7 Å². The summed E-state index contributed by atoms with van der Waals surface area (Å²) in [4.78, 5) is 23.2. The fourth-order valence-electron chi connectivity index (χ4n) is 5.05. The zero-order valence-electron chi connectivity index (χ0n) is 20.3. The predicted molar refractivity (Wildman–Crippen MR) is 139 cm³/mol. The van der Waals surface area contributed by atoms with Gasteiger partial charge in [0.1, 0.15) is 11.9 Å². The fourth-order valence-corrected chi connectivity index (χ4v) is 5.43. The topological polar surface area (TPSA) is 95.8 Å². The van der Waals surface area contributed by atoms with Crippen LogP contribution < -0.4 is 4.74 Å². The number of likely N-dealkylation sites (tertiary alicyclic amines) is 1. The molecule has 1 aromatic carbocycles. The Morgan fingerprint density at radius 1 is 1.25 bits per heavy atom. The number of halogens is 1. The summed E-state index contributed by atoms with van der Waals surface area (Å²) < 4.78 is 21.1. The second-order valence-electron chi connectivity index (χ2n) is 9.40. The summed E-state index contributed by atoms with van der Waals surface area (Å²) in [7, 11) is 1.53. The number of aromatic nitrogens is 2. The average molecular weight is 514 g/mol. The molecule has 1 saturated heterocycles. The Balaban J connectivity index is 1.46. The minimum Gasteiger partial charge on any atom is -0.497 e. The lowest BCUT2D eigenvalue weighted by molar-refractivity contribution is -0.153. The minimum absolute atomic E-state index is 0.0404. The number of hydrogen-bond donors (Lipinski definition) is 3. The van der Waals surface area contributed by atoms with Gasteiger partial charge in [0.25, 0.3) is 0 Å². The van der Waals surface area contributed by atoms with Gasteiger partial charge in [0.2, 0.25) is 0 Å². The zero-order chi connectivity index (χ0) is 25.7. The first-order chi connectivity index (χ1) is 17.4. The van der Waals surface area contributed by atoms with E-state index in [1.54, 1.807) is 24.4 Å². The summed E-state index contributed by atoms with van der Waals surface area (Å²) in [6, 6.07) is 10.9. The van der Waals surface area contributed by atoms with Crippen LogP contribution >= 0.6 is 12.6 Å². The number of aliphatic hydroxyl groups excluding tert-OH is 1. The van der Waals surface area contributed by atoms with E-state index in [-0.39, 0.29) is 24.7 Å². The highest BCUT2D eigenvalue weighted by Gasteiger charge is 2.42. The number of carboxylic acids is 1. The van der Waals surface area contributed by atoms with Crippen molar-refractivity contribution in [2.24, 2.45) is 5.41 Å². The van der Waals surface area contributed by atoms with E-state index in [0.29, 0.717) is 60.3 Å². The quantitative estimate of drug-likeness (QED) is 0.337. The van der Waals surface area contributed by atoms with Gasteiger partial charge in [0, 0.05) is 35.5 Å². The van der Waals surface area contributed by atoms with Crippen LogP contribution in [0.4, 0.5) is 4.39 Å². The molecular formula is C27H32FN3O4S. The summed E-state index contributed by atoms with van der Waals surface area (Å²) in [5.74, 6) is -0.319. The maximum Gasteiger partial charge on any atom is 0.309 e. The highest BCUT2D eigenvalue weighted by Crippen LogP contribution is 2.42. The Bertz CT molecular complexity index is 1180. The van der Waals surface area contributed by atoms with Crippen LogP contribution in [0.2, 0.25) is 0 Å². The van der Waals surface area contributed by atoms with Crippen molar-refractivity contribution in [2.45, 2.75) is 43.7 Å². The molecular weight excluding hydrogens is 481 g/mol. The molecule has 2 N–H and O–H groups in total. The standard InChI is InChI=1S/C27H32FN3O4S/c1-35-19-5-6-22-20(14-19)25(18(17-32)15-30-22)21(28)7-8-27(26(33)34)9-12-31(13-10-27)16-24(36)23-4-2-3-11-29-23/h2-6,11,14-15,21,24,32,36H,7-10,12-13,16-17H2,1H3,(H,33,34)/t21-,24?/m0/s1. The number of thiol groups is 1. The van der Waals surface area contributed by atoms with E-state index in [4.69, 9.17) is 4.74 Å². The van der Waals surface area contributed by atoms with Crippen LogP contribution in [0.5, 0.6) is 5.75 Å². The Labute approximate surface area is 215 Å². The third kappa shape index (κ3) is 5.63. The van der Waals surface area contributed by atoms with Gasteiger partial charge >= 0.3 is 5.97 Å². The van der Waals surface area contributed by atoms with E-state index < -0.39 is 17.6 Å². The number of alkyl halides is 1. The lowest BCUT2D eigenvalue weighted by Crippen LogP contribution is -2.45. The molecule has 192 valence electrons. The third-order valence-corrected chi connectivity index (χ3v) is 7.71. The van der Waals surface area contributed by atoms with Crippen molar-refractivity contribution < 1.29 is 24.1 Å². The number of benzene rings is 1. The SMILES string of the molecule is COc1ccc2ncc(CO)c([C@@H](F)CCC3(C(=O)O)CCN(CC(S)c4ccccn4)CC3)c2c1. The number of methoxy groups -OCH3 is 1. The van der Waals surface area contributed by atoms with E-state index in [9.17, 15) is 15.0 Å². The molecule has 1 unspecified atom stereocenters. The minimum atomic E-state index is -1.44. The van der Waals surface area contributed by atoms with E-state index in [0.717, 1.165) is 5.69 Å². The molecule has 2 aromatic heterocycles. The van der Waals surface area contributed by atoms with Gasteiger partial charge in [-0.25, -0.2) is 4.39 Å². The van der Waals surface area contributed by atoms with Crippen molar-refractivity contribution in [1.29, 1.82) is 0 Å². The van der Waals surface area contributed by atoms with Crippen molar-refractivity contribution in [3.8, 4) is 5.75 Å². The van der Waals surface area contributed by atoms with Crippen LogP contribution in [0.3, 0.4) is 0 Å². The largest absolute Gasteiger partial charge is 0.497 e. The van der Waals surface area contributed by atoms with Gasteiger partial charge in [-0.2, -0.15) is 12.6 Å². The number of pyridine rings is 2. The maximum atomic E-state index is 15.8. The molecule has 0 aliphatic carbocycles. The van der Waals surface area contributed by atoms with E-state index in [1.807, 2.05) is 18.2 Å². The van der Waals surface area contributed by atoms with Gasteiger partial charge in [0.05, 0.1) is 35.6 Å². The zero-order valence-corrected chi connectivity index (χ0v) is 21.2. The highest BCUT2D eigenvalue weighted by molar-refractivity contribution is 7.80. The number of piperidine rings is 1. The molecule has 0 saturated carbocycles. The number of nitrogens with zero attached hydrogens (tertiary/aromatic N) is 3. The molecule has 1 aliphatic heterocycles. The van der Waals surface area contributed by atoms with Gasteiger partial charge in [-0.15, -0.1) is 0 Å². The molecule has 0 amide bonds. The number of rotatable bonds is 10. The molecule has 0 bridgehead atoms. The van der Waals surface area contributed by atoms with Crippen LogP contribution in [0.1, 0.15) is 53.9 Å². The smallest absolute Gasteiger partial charge is 0.309 e. The van der Waals surface area contributed by atoms with E-state index in [1.165, 1.54) is 13.3 Å². The summed E-state index contributed by atoms with van der Waals surface area (Å²) in [5, 5.41) is 20.5. The first kappa shape index (κ1) is 26.3. The Kier molecular flexibility index (Phi) is 8.43. The third-order valence-electron chi connectivity index (χ3n) is 7.29. The number of ether oxygens (including phenoxy) is 1. The second-order valence-corrected chi connectivity index (χ2v) is 10.0. The van der Waals surface area contributed by atoms with Crippen molar-refractivity contribution in [3.05, 3.63) is 65.6 Å². The summed E-state index contributed by atoms with van der Waals surface area (Å²) >= 11 is 4.68. The van der Waals surface area contributed by atoms with Crippen LogP contribution in [0.25, 0.3) is 10.9 Å². The molecule has 2 atom stereocenters. The lowest BCUT2D eigenvalue weighted by Gasteiger charge is -2.40. The van der Waals surface area contributed by atoms with E-state index >= 15 is 4.39 Å². The van der Waals surface area contributed by atoms with Gasteiger partial charge < -0.3 is 19.8 Å². The monoisotopic (exact) mass is 513 g/mol. The lowest BCUT2D eigenvalue weighted by atomic mass is 9.74. The first-order valence-corrected chi connectivity index (χ1v) is 12.6. The maximum absolute atomic E-state index is 15.8. The molecule has 36 heavy (non-hydrogen) atoms. The molecule has 9 heteroatoms. The summed E-state index contributed by atoms with van der Waals surface area (Å²) in [5.41, 5.74) is 1.25. The van der Waals surface area contributed by atoms with Crippen molar-refractivity contribution in [1.82, 2.24) is 14.9 Å². The molecule has 3 heterocycles. The number of carboxylic acid groups (broad SMARTS) is 1. The second kappa shape index (κ2) is 11.5. The van der Waals surface area contributed by atoms with Gasteiger partial charge in [-0.05, 0) is 69.1 Å². The highest BCUT2D eigenvalue weighted by atomic mass is 32.1. The van der Waals surface area contributed by atoms with Gasteiger partial charge in [0.15, 0.2) is 0 Å². The van der Waals surface area contributed by atoms with Crippen LogP contribution in [-0.2, 0) is 11.4 Å². The molecule has 1 fully saturated rings. The number of fused-ring (bicyclic) bond motifs is 1. The van der Waals surface area contributed by atoms with Gasteiger partial charge in [-0.1, -0.05) is 6.07 Å². The number of carbonyl (C=O) groups is 1. The van der Waals surface area contributed by atoms with Gasteiger partial charge in [-0.3, -0.25) is 14.8 Å². The Morgan fingerprint density at radius 3 is 2.67 bits per heavy atom. The summed E-state index contributed by atoms with van der Waals surface area (Å²) in [6.07, 6.45) is 2.91. The molecule has 7 nitrogen and oxygen atoms in total. The summed E-state index contributed by atoms with van der Waals surface area (Å²) in [6.45, 7) is 1.53. The molecule has 0 radical (unpaired) electrons. The average Bonchev–Trinajstić information content (AvgIpc) is 2.91. The Hall–Kier alpha value is -2.75.